The van der Waals surface area contributed by atoms with E-state index in [1.807, 2.05) is 29.3 Å². The van der Waals surface area contributed by atoms with Gasteiger partial charge in [0.25, 0.3) is 0 Å². The van der Waals surface area contributed by atoms with Crippen LogP contribution in [0.2, 0.25) is 0 Å². The molecule has 2 amide bonds. The van der Waals surface area contributed by atoms with Crippen molar-refractivity contribution in [2.75, 3.05) is 26.2 Å². The Labute approximate surface area is 178 Å². The molecule has 2 aromatic rings. The smallest absolute Gasteiger partial charge is 0.229 e. The number of likely N-dealkylation sites (tertiary alicyclic amines) is 2. The van der Waals surface area contributed by atoms with Gasteiger partial charge in [-0.15, -0.1) is 0 Å². The maximum absolute atomic E-state index is 14.0. The molecule has 0 unspecified atom stereocenters. The second kappa shape index (κ2) is 8.62. The number of hydrogen-bond acceptors (Lipinski definition) is 3. The molecule has 0 aliphatic carbocycles. The van der Waals surface area contributed by atoms with Crippen molar-refractivity contribution >= 4 is 11.8 Å². The monoisotopic (exact) mass is 408 g/mol. The van der Waals surface area contributed by atoms with Gasteiger partial charge in [0.1, 0.15) is 0 Å². The van der Waals surface area contributed by atoms with Crippen LogP contribution >= 0.6 is 0 Å². The molecule has 0 radical (unpaired) electrons. The number of H-pyrrole nitrogens is 1. The van der Waals surface area contributed by atoms with E-state index in [2.05, 4.69) is 34.2 Å². The van der Waals surface area contributed by atoms with Gasteiger partial charge < -0.3 is 9.80 Å². The third-order valence-corrected chi connectivity index (χ3v) is 6.99. The summed E-state index contributed by atoms with van der Waals surface area (Å²) in [6.07, 6.45) is 6.15. The predicted octanol–water partition coefficient (Wildman–Crippen LogP) is 3.30. The maximum Gasteiger partial charge on any atom is 0.229 e. The Balaban J connectivity index is 1.56. The molecule has 6 nitrogen and oxygen atoms in total. The van der Waals surface area contributed by atoms with Gasteiger partial charge in [0.2, 0.25) is 11.8 Å². The van der Waals surface area contributed by atoms with Gasteiger partial charge in [0, 0.05) is 44.7 Å². The predicted molar refractivity (Wildman–Crippen MR) is 116 cm³/mol. The normalized spacial score (nSPS) is 21.5. The Morgan fingerprint density at radius 2 is 1.87 bits per heavy atom. The number of aromatic amines is 1. The lowest BCUT2D eigenvalue weighted by Crippen LogP contribution is -2.53. The van der Waals surface area contributed by atoms with Crippen LogP contribution in [0.1, 0.15) is 55.3 Å². The number of nitrogens with one attached hydrogen (secondary N) is 1. The van der Waals surface area contributed by atoms with Crippen LogP contribution in [-0.2, 0) is 16.0 Å². The number of aromatic nitrogens is 2. The van der Waals surface area contributed by atoms with Crippen LogP contribution in [0.15, 0.2) is 36.5 Å². The number of benzene rings is 1. The van der Waals surface area contributed by atoms with Crippen molar-refractivity contribution in [2.45, 2.75) is 51.9 Å². The Hall–Kier alpha value is -2.63. The minimum absolute atomic E-state index is 0.100. The van der Waals surface area contributed by atoms with Crippen molar-refractivity contribution in [2.24, 2.45) is 5.41 Å². The number of hydrogen-bond donors (Lipinski definition) is 1. The van der Waals surface area contributed by atoms with Gasteiger partial charge in [-0.25, -0.2) is 0 Å². The van der Waals surface area contributed by atoms with E-state index in [1.54, 1.807) is 6.92 Å². The first-order chi connectivity index (χ1) is 14.5. The van der Waals surface area contributed by atoms with Crippen molar-refractivity contribution < 1.29 is 9.59 Å². The molecule has 2 saturated heterocycles. The third-order valence-electron chi connectivity index (χ3n) is 6.99. The van der Waals surface area contributed by atoms with Gasteiger partial charge in [0.15, 0.2) is 0 Å². The summed E-state index contributed by atoms with van der Waals surface area (Å²) in [7, 11) is 0. The summed E-state index contributed by atoms with van der Waals surface area (Å²) in [6.45, 7) is 6.57. The van der Waals surface area contributed by atoms with Gasteiger partial charge in [0.05, 0.1) is 11.6 Å². The highest BCUT2D eigenvalue weighted by molar-refractivity contribution is 5.84. The number of piperidine rings is 2. The topological polar surface area (TPSA) is 69.3 Å². The SMILES string of the molecule is CC(=O)N1CCC(Cc2ccccc2)(C(=O)N2CCC[C@@H](c3[nH]ncc3C)C2)CC1. The molecule has 1 N–H and O–H groups in total. The van der Waals surface area contributed by atoms with E-state index in [0.29, 0.717) is 19.0 Å². The molecular formula is C24H32N4O2. The molecule has 6 heteroatoms. The Morgan fingerprint density at radius 3 is 2.50 bits per heavy atom. The zero-order valence-corrected chi connectivity index (χ0v) is 18.1. The largest absolute Gasteiger partial charge is 0.343 e. The van der Waals surface area contributed by atoms with Gasteiger partial charge in [-0.05, 0) is 50.2 Å². The summed E-state index contributed by atoms with van der Waals surface area (Å²) in [6, 6.07) is 10.3. The fourth-order valence-corrected chi connectivity index (χ4v) is 5.20. The summed E-state index contributed by atoms with van der Waals surface area (Å²) in [5.41, 5.74) is 3.09. The first kappa shape index (κ1) is 20.6. The molecule has 1 aromatic carbocycles. The molecule has 0 saturated carbocycles. The maximum atomic E-state index is 14.0. The van der Waals surface area contributed by atoms with Crippen LogP contribution in [0.4, 0.5) is 0 Å². The van der Waals surface area contributed by atoms with Crippen LogP contribution in [-0.4, -0.2) is 58.0 Å². The molecule has 30 heavy (non-hydrogen) atoms. The van der Waals surface area contributed by atoms with Crippen LogP contribution < -0.4 is 0 Å². The zero-order chi connectivity index (χ0) is 21.1. The van der Waals surface area contributed by atoms with Gasteiger partial charge in [-0.1, -0.05) is 30.3 Å². The van der Waals surface area contributed by atoms with E-state index in [0.717, 1.165) is 50.9 Å². The van der Waals surface area contributed by atoms with Crippen molar-refractivity contribution in [3.63, 3.8) is 0 Å². The molecule has 1 aromatic heterocycles. The average Bonchev–Trinajstić information content (AvgIpc) is 3.20. The molecule has 160 valence electrons. The Morgan fingerprint density at radius 1 is 1.13 bits per heavy atom. The summed E-state index contributed by atoms with van der Waals surface area (Å²) in [5.74, 6) is 0.677. The van der Waals surface area contributed by atoms with Gasteiger partial charge in [-0.2, -0.15) is 5.10 Å². The molecule has 2 aliphatic rings. The van der Waals surface area contributed by atoms with E-state index in [1.165, 1.54) is 11.1 Å². The molecule has 0 bridgehead atoms. The van der Waals surface area contributed by atoms with Crippen molar-refractivity contribution in [3.05, 3.63) is 53.3 Å². The van der Waals surface area contributed by atoms with E-state index in [4.69, 9.17) is 0 Å². The Kier molecular flexibility index (Phi) is 5.93. The minimum atomic E-state index is -0.432. The standard InChI is InChI=1S/C24H32N4O2/c1-18-16-25-26-22(18)21-9-6-12-28(17-21)23(30)24(15-20-7-4-3-5-8-20)10-13-27(14-11-24)19(2)29/h3-5,7-8,16,21H,6,9-15,17H2,1-2H3,(H,25,26)/t21-/m1/s1. The second-order valence-corrected chi connectivity index (χ2v) is 9.01. The highest BCUT2D eigenvalue weighted by atomic mass is 16.2. The van der Waals surface area contributed by atoms with Crippen LogP contribution in [0.5, 0.6) is 0 Å². The van der Waals surface area contributed by atoms with Crippen LogP contribution in [0.3, 0.4) is 0 Å². The molecule has 4 rings (SSSR count). The number of rotatable bonds is 4. The lowest BCUT2D eigenvalue weighted by Gasteiger charge is -2.45. The van der Waals surface area contributed by atoms with E-state index >= 15 is 0 Å². The fourth-order valence-electron chi connectivity index (χ4n) is 5.20. The Bertz CT molecular complexity index is 884. The van der Waals surface area contributed by atoms with Gasteiger partial charge >= 0.3 is 0 Å². The average molecular weight is 409 g/mol. The van der Waals surface area contributed by atoms with E-state index in [-0.39, 0.29) is 11.8 Å². The molecule has 0 spiro atoms. The summed E-state index contributed by atoms with van der Waals surface area (Å²) in [5, 5.41) is 7.33. The molecule has 1 atom stereocenters. The number of aryl methyl sites for hydroxylation is 1. The molecule has 2 fully saturated rings. The van der Waals surface area contributed by atoms with Gasteiger partial charge in [-0.3, -0.25) is 14.7 Å². The fraction of sp³-hybridized carbons (Fsp3) is 0.542. The van der Waals surface area contributed by atoms with E-state index in [9.17, 15) is 9.59 Å². The number of amides is 2. The highest BCUT2D eigenvalue weighted by Crippen LogP contribution is 2.39. The first-order valence-electron chi connectivity index (χ1n) is 11.1. The minimum Gasteiger partial charge on any atom is -0.343 e. The van der Waals surface area contributed by atoms with Crippen LogP contribution in [0.25, 0.3) is 0 Å². The highest BCUT2D eigenvalue weighted by Gasteiger charge is 2.45. The number of carbonyl (C=O) groups excluding carboxylic acids is 2. The first-order valence-corrected chi connectivity index (χ1v) is 11.1. The summed E-state index contributed by atoms with van der Waals surface area (Å²) < 4.78 is 0. The van der Waals surface area contributed by atoms with E-state index < -0.39 is 5.41 Å². The lowest BCUT2D eigenvalue weighted by molar-refractivity contribution is -0.149. The third kappa shape index (κ3) is 4.13. The number of carbonyl (C=O) groups is 2. The molecule has 3 heterocycles. The summed E-state index contributed by atoms with van der Waals surface area (Å²) in [4.78, 5) is 29.8. The van der Waals surface area contributed by atoms with Crippen LogP contribution in [0, 0.1) is 12.3 Å². The van der Waals surface area contributed by atoms with Crippen molar-refractivity contribution in [1.29, 1.82) is 0 Å². The molecule has 2 aliphatic heterocycles. The van der Waals surface area contributed by atoms with Crippen molar-refractivity contribution in [1.82, 2.24) is 20.0 Å². The quantitative estimate of drug-likeness (QED) is 0.844. The number of nitrogens with zero attached hydrogens (tertiary/aromatic N) is 3. The second-order valence-electron chi connectivity index (χ2n) is 9.01. The summed E-state index contributed by atoms with van der Waals surface area (Å²) >= 11 is 0. The zero-order valence-electron chi connectivity index (χ0n) is 18.1. The van der Waals surface area contributed by atoms with Crippen molar-refractivity contribution in [3.8, 4) is 0 Å². The molecular weight excluding hydrogens is 376 g/mol. The lowest BCUT2D eigenvalue weighted by atomic mass is 9.72.